The Kier molecular flexibility index (Phi) is 4.73. The fourth-order valence-electron chi connectivity index (χ4n) is 1.82. The van der Waals surface area contributed by atoms with Gasteiger partial charge >= 0.3 is 0 Å². The van der Waals surface area contributed by atoms with Crippen molar-refractivity contribution in [3.05, 3.63) is 46.4 Å². The summed E-state index contributed by atoms with van der Waals surface area (Å²) >= 11 is 1.67. The number of benzene rings is 1. The first-order valence-electron chi connectivity index (χ1n) is 6.05. The third-order valence-electron chi connectivity index (χ3n) is 2.88. The van der Waals surface area contributed by atoms with E-state index in [4.69, 9.17) is 10.5 Å². The molecule has 2 rings (SSSR count). The molecule has 96 valence electrons. The topological polar surface area (TPSA) is 48.1 Å². The molecule has 0 aliphatic carbocycles. The van der Waals surface area contributed by atoms with E-state index in [1.165, 1.54) is 5.56 Å². The predicted molar refractivity (Wildman–Crippen MR) is 75.1 cm³/mol. The molecule has 0 aliphatic rings. The van der Waals surface area contributed by atoms with E-state index in [2.05, 4.69) is 17.1 Å². The molecule has 1 heterocycles. The molecule has 1 unspecified atom stereocenters. The van der Waals surface area contributed by atoms with Gasteiger partial charge in [0.15, 0.2) is 0 Å². The van der Waals surface area contributed by atoms with E-state index in [0.29, 0.717) is 0 Å². The van der Waals surface area contributed by atoms with Crippen LogP contribution in [0.1, 0.15) is 17.0 Å². The van der Waals surface area contributed by atoms with E-state index in [9.17, 15) is 0 Å². The summed E-state index contributed by atoms with van der Waals surface area (Å²) in [7, 11) is 1.68. The highest BCUT2D eigenvalue weighted by Gasteiger charge is 2.06. The molecule has 0 fully saturated rings. The van der Waals surface area contributed by atoms with Crippen molar-refractivity contribution in [2.75, 3.05) is 7.11 Å². The molecule has 0 spiro atoms. The minimum absolute atomic E-state index is 0.179. The predicted octanol–water partition coefficient (Wildman–Crippen LogP) is 2.65. The summed E-state index contributed by atoms with van der Waals surface area (Å²) in [6.45, 7) is 0. The number of nitrogens with zero attached hydrogens (tertiary/aromatic N) is 1. The van der Waals surface area contributed by atoms with Gasteiger partial charge < -0.3 is 10.5 Å². The van der Waals surface area contributed by atoms with Crippen LogP contribution < -0.4 is 10.5 Å². The van der Waals surface area contributed by atoms with E-state index in [-0.39, 0.29) is 6.04 Å². The minimum atomic E-state index is 0.179. The molecule has 0 amide bonds. The third-order valence-corrected chi connectivity index (χ3v) is 3.69. The summed E-state index contributed by atoms with van der Waals surface area (Å²) in [5, 5.41) is 3.11. The van der Waals surface area contributed by atoms with Crippen LogP contribution in [-0.2, 0) is 12.8 Å². The van der Waals surface area contributed by atoms with Crippen molar-refractivity contribution in [1.29, 1.82) is 0 Å². The van der Waals surface area contributed by atoms with Gasteiger partial charge in [-0.25, -0.2) is 4.98 Å². The molecule has 0 radical (unpaired) electrons. The van der Waals surface area contributed by atoms with Gasteiger partial charge in [0.2, 0.25) is 0 Å². The van der Waals surface area contributed by atoms with Gasteiger partial charge in [-0.3, -0.25) is 0 Å². The van der Waals surface area contributed by atoms with Gasteiger partial charge in [0.25, 0.3) is 0 Å². The lowest BCUT2D eigenvalue weighted by Gasteiger charge is -2.10. The molecular formula is C14H18N2OS. The molecule has 1 atom stereocenters. The molecule has 0 aliphatic heterocycles. The first-order valence-corrected chi connectivity index (χ1v) is 6.93. The molecule has 3 nitrogen and oxygen atoms in total. The summed E-state index contributed by atoms with van der Waals surface area (Å²) < 4.78 is 5.13. The number of aryl methyl sites for hydroxylation is 1. The largest absolute Gasteiger partial charge is 0.497 e. The number of methoxy groups -OCH3 is 1. The zero-order chi connectivity index (χ0) is 12.8. The summed E-state index contributed by atoms with van der Waals surface area (Å²) in [6, 6.07) is 8.34. The molecule has 0 bridgehead atoms. The lowest BCUT2D eigenvalue weighted by Crippen LogP contribution is -2.23. The second kappa shape index (κ2) is 6.52. The van der Waals surface area contributed by atoms with Crippen LogP contribution in [0.15, 0.2) is 35.8 Å². The lowest BCUT2D eigenvalue weighted by atomic mass is 10.0. The molecule has 1 aromatic carbocycles. The van der Waals surface area contributed by atoms with Crippen LogP contribution in [-0.4, -0.2) is 18.1 Å². The Bertz CT molecular complexity index is 453. The fourth-order valence-corrected chi connectivity index (χ4v) is 2.54. The van der Waals surface area contributed by atoms with Crippen molar-refractivity contribution in [2.24, 2.45) is 5.73 Å². The molecule has 1 aromatic heterocycles. The van der Waals surface area contributed by atoms with Crippen molar-refractivity contribution in [2.45, 2.75) is 25.3 Å². The average molecular weight is 262 g/mol. The number of hydrogen-bond donors (Lipinski definition) is 1. The van der Waals surface area contributed by atoms with E-state index >= 15 is 0 Å². The normalized spacial score (nSPS) is 12.3. The van der Waals surface area contributed by atoms with Gasteiger partial charge in [0, 0.05) is 24.0 Å². The first-order chi connectivity index (χ1) is 8.78. The highest BCUT2D eigenvalue weighted by Crippen LogP contribution is 2.14. The Balaban J connectivity index is 1.79. The molecule has 0 saturated carbocycles. The van der Waals surface area contributed by atoms with Gasteiger partial charge in [-0.05, 0) is 30.5 Å². The summed E-state index contributed by atoms with van der Waals surface area (Å²) in [6.07, 6.45) is 4.67. The van der Waals surface area contributed by atoms with Crippen molar-refractivity contribution < 1.29 is 4.74 Å². The van der Waals surface area contributed by atoms with Gasteiger partial charge in [0.1, 0.15) is 5.75 Å². The van der Waals surface area contributed by atoms with E-state index in [1.807, 2.05) is 23.7 Å². The minimum Gasteiger partial charge on any atom is -0.497 e. The van der Waals surface area contributed by atoms with Crippen LogP contribution in [0.25, 0.3) is 0 Å². The van der Waals surface area contributed by atoms with Crippen LogP contribution >= 0.6 is 11.3 Å². The number of rotatable bonds is 6. The van der Waals surface area contributed by atoms with E-state index in [1.54, 1.807) is 18.4 Å². The maximum absolute atomic E-state index is 6.11. The standard InChI is InChI=1S/C14H18N2OS/c1-17-13-6-3-11(4-7-13)2-5-12(15)10-14-16-8-9-18-14/h3-4,6-9,12H,2,5,10,15H2,1H3. The zero-order valence-electron chi connectivity index (χ0n) is 10.5. The van der Waals surface area contributed by atoms with Crippen LogP contribution in [0.2, 0.25) is 0 Å². The molecule has 2 N–H and O–H groups in total. The average Bonchev–Trinajstić information content (AvgIpc) is 2.90. The van der Waals surface area contributed by atoms with Gasteiger partial charge in [-0.1, -0.05) is 12.1 Å². The Morgan fingerprint density at radius 3 is 2.72 bits per heavy atom. The van der Waals surface area contributed by atoms with E-state index < -0.39 is 0 Å². The highest BCUT2D eigenvalue weighted by molar-refractivity contribution is 7.09. The number of ether oxygens (including phenoxy) is 1. The molecule has 18 heavy (non-hydrogen) atoms. The summed E-state index contributed by atoms with van der Waals surface area (Å²) in [4.78, 5) is 4.26. The molecule has 0 saturated heterocycles. The van der Waals surface area contributed by atoms with Gasteiger partial charge in [0.05, 0.1) is 12.1 Å². The SMILES string of the molecule is COc1ccc(CCC(N)Cc2nccs2)cc1. The first kappa shape index (κ1) is 13.1. The van der Waals surface area contributed by atoms with Crippen molar-refractivity contribution in [3.8, 4) is 5.75 Å². The van der Waals surface area contributed by atoms with Crippen LogP contribution in [0.5, 0.6) is 5.75 Å². The molecule has 4 heteroatoms. The number of aromatic nitrogens is 1. The van der Waals surface area contributed by atoms with Crippen LogP contribution in [0, 0.1) is 0 Å². The smallest absolute Gasteiger partial charge is 0.118 e. The quantitative estimate of drug-likeness (QED) is 0.870. The maximum atomic E-state index is 6.11. The number of thiazole rings is 1. The summed E-state index contributed by atoms with van der Waals surface area (Å²) in [5.41, 5.74) is 7.41. The monoisotopic (exact) mass is 262 g/mol. The van der Waals surface area contributed by atoms with Gasteiger partial charge in [-0.2, -0.15) is 0 Å². The highest BCUT2D eigenvalue weighted by atomic mass is 32.1. The lowest BCUT2D eigenvalue weighted by molar-refractivity contribution is 0.414. The van der Waals surface area contributed by atoms with Crippen LogP contribution in [0.3, 0.4) is 0 Å². The van der Waals surface area contributed by atoms with E-state index in [0.717, 1.165) is 30.0 Å². The van der Waals surface area contributed by atoms with Crippen molar-refractivity contribution in [1.82, 2.24) is 4.98 Å². The molecule has 2 aromatic rings. The number of nitrogens with two attached hydrogens (primary N) is 1. The Morgan fingerprint density at radius 1 is 1.33 bits per heavy atom. The maximum Gasteiger partial charge on any atom is 0.118 e. The zero-order valence-corrected chi connectivity index (χ0v) is 11.3. The Hall–Kier alpha value is -1.39. The third kappa shape index (κ3) is 3.82. The Morgan fingerprint density at radius 2 is 2.11 bits per heavy atom. The Labute approximate surface area is 112 Å². The van der Waals surface area contributed by atoms with Crippen molar-refractivity contribution >= 4 is 11.3 Å². The van der Waals surface area contributed by atoms with Crippen LogP contribution in [0.4, 0.5) is 0 Å². The van der Waals surface area contributed by atoms with Crippen molar-refractivity contribution in [3.63, 3.8) is 0 Å². The summed E-state index contributed by atoms with van der Waals surface area (Å²) in [5.74, 6) is 0.894. The second-order valence-electron chi connectivity index (χ2n) is 4.28. The number of hydrogen-bond acceptors (Lipinski definition) is 4. The molecular weight excluding hydrogens is 244 g/mol. The second-order valence-corrected chi connectivity index (χ2v) is 5.26. The van der Waals surface area contributed by atoms with Gasteiger partial charge in [-0.15, -0.1) is 11.3 Å². The fraction of sp³-hybridized carbons (Fsp3) is 0.357.